The first-order chi connectivity index (χ1) is 11.2. The van der Waals surface area contributed by atoms with Crippen molar-refractivity contribution in [3.05, 3.63) is 59.8 Å². The summed E-state index contributed by atoms with van der Waals surface area (Å²) >= 11 is 0. The summed E-state index contributed by atoms with van der Waals surface area (Å²) in [7, 11) is 1.52. The van der Waals surface area contributed by atoms with Gasteiger partial charge in [0, 0.05) is 5.56 Å². The highest BCUT2D eigenvalue weighted by atomic mass is 16.5. The highest BCUT2D eigenvalue weighted by Gasteiger charge is 2.03. The van der Waals surface area contributed by atoms with Crippen LogP contribution in [-0.2, 0) is 0 Å². The van der Waals surface area contributed by atoms with Gasteiger partial charge in [0.05, 0.1) is 18.5 Å². The number of aromatic amines is 1. The minimum atomic E-state index is 0.112. The molecule has 0 radical (unpaired) electrons. The summed E-state index contributed by atoms with van der Waals surface area (Å²) in [6.45, 7) is 0. The number of aromatic hydroxyl groups is 2. The zero-order valence-electron chi connectivity index (χ0n) is 12.5. The minimum Gasteiger partial charge on any atom is -0.508 e. The van der Waals surface area contributed by atoms with Gasteiger partial charge in [0.2, 0.25) is 0 Å². The van der Waals surface area contributed by atoms with Crippen molar-refractivity contribution in [1.29, 1.82) is 0 Å². The number of phenolic OH excluding ortho intramolecular Hbond substituents is 2. The Morgan fingerprint density at radius 2 is 1.78 bits per heavy atom. The van der Waals surface area contributed by atoms with Gasteiger partial charge in [-0.3, -0.25) is 5.10 Å². The molecule has 0 bridgehead atoms. The molecule has 0 aliphatic heterocycles. The second-order valence-electron chi connectivity index (χ2n) is 5.02. The standard InChI is InChI=1S/C18H16N2O3/c1-23-18-10-12(3-9-17(18)22)2-6-14-11-16(20-19-14)13-4-7-15(21)8-5-13/h2-11,21-22H,1H3,(H,19,20)/b6-2+. The van der Waals surface area contributed by atoms with Crippen molar-refractivity contribution in [3.63, 3.8) is 0 Å². The number of ether oxygens (including phenoxy) is 1. The van der Waals surface area contributed by atoms with E-state index in [2.05, 4.69) is 10.2 Å². The Hall–Kier alpha value is -3.21. The summed E-state index contributed by atoms with van der Waals surface area (Å²) in [5.41, 5.74) is 3.47. The van der Waals surface area contributed by atoms with Crippen LogP contribution in [0.15, 0.2) is 48.5 Å². The number of benzene rings is 2. The Morgan fingerprint density at radius 1 is 1.00 bits per heavy atom. The van der Waals surface area contributed by atoms with Crippen molar-refractivity contribution < 1.29 is 14.9 Å². The summed E-state index contributed by atoms with van der Waals surface area (Å²) in [5.74, 6) is 0.771. The van der Waals surface area contributed by atoms with Crippen molar-refractivity contribution in [2.24, 2.45) is 0 Å². The van der Waals surface area contributed by atoms with Gasteiger partial charge in [0.1, 0.15) is 5.75 Å². The highest BCUT2D eigenvalue weighted by Crippen LogP contribution is 2.27. The van der Waals surface area contributed by atoms with Crippen LogP contribution < -0.4 is 4.74 Å². The average molecular weight is 308 g/mol. The maximum absolute atomic E-state index is 9.59. The number of nitrogens with one attached hydrogen (secondary N) is 1. The van der Waals surface area contributed by atoms with Gasteiger partial charge in [-0.1, -0.05) is 12.1 Å². The Morgan fingerprint density at radius 3 is 2.52 bits per heavy atom. The first-order valence-corrected chi connectivity index (χ1v) is 7.05. The summed E-state index contributed by atoms with van der Waals surface area (Å²) in [6.07, 6.45) is 3.79. The van der Waals surface area contributed by atoms with Gasteiger partial charge in [-0.05, 0) is 54.1 Å². The largest absolute Gasteiger partial charge is 0.508 e. The number of hydrogen-bond donors (Lipinski definition) is 3. The summed E-state index contributed by atoms with van der Waals surface area (Å²) in [5, 5.41) is 26.1. The van der Waals surface area contributed by atoms with Gasteiger partial charge in [0.25, 0.3) is 0 Å². The number of hydrogen-bond acceptors (Lipinski definition) is 4. The van der Waals surface area contributed by atoms with E-state index >= 15 is 0 Å². The lowest BCUT2D eigenvalue weighted by molar-refractivity contribution is 0.373. The molecule has 0 amide bonds. The van der Waals surface area contributed by atoms with Crippen molar-refractivity contribution >= 4 is 12.2 Å². The maximum atomic E-state index is 9.59. The Bertz CT molecular complexity index is 836. The summed E-state index contributed by atoms with van der Waals surface area (Å²) in [6, 6.07) is 13.9. The molecule has 23 heavy (non-hydrogen) atoms. The molecular formula is C18H16N2O3. The number of rotatable bonds is 4. The van der Waals surface area contributed by atoms with Crippen LogP contribution in [-0.4, -0.2) is 27.5 Å². The molecule has 116 valence electrons. The smallest absolute Gasteiger partial charge is 0.161 e. The van der Waals surface area contributed by atoms with E-state index in [9.17, 15) is 10.2 Å². The molecule has 0 aliphatic rings. The van der Waals surface area contributed by atoms with Crippen molar-refractivity contribution in [3.8, 4) is 28.5 Å². The molecule has 3 rings (SSSR count). The Balaban J connectivity index is 1.80. The molecule has 3 aromatic rings. The van der Waals surface area contributed by atoms with E-state index in [-0.39, 0.29) is 11.5 Å². The molecule has 3 N–H and O–H groups in total. The van der Waals surface area contributed by atoms with E-state index in [1.165, 1.54) is 7.11 Å². The first kappa shape index (κ1) is 14.7. The van der Waals surface area contributed by atoms with E-state index in [0.717, 1.165) is 22.5 Å². The van der Waals surface area contributed by atoms with Gasteiger partial charge in [-0.25, -0.2) is 0 Å². The Labute approximate surface area is 133 Å². The second kappa shape index (κ2) is 6.27. The predicted molar refractivity (Wildman–Crippen MR) is 89.3 cm³/mol. The fourth-order valence-electron chi connectivity index (χ4n) is 2.19. The summed E-state index contributed by atoms with van der Waals surface area (Å²) in [4.78, 5) is 0. The fourth-order valence-corrected chi connectivity index (χ4v) is 2.19. The highest BCUT2D eigenvalue weighted by molar-refractivity contribution is 5.72. The molecule has 2 aromatic carbocycles. The van der Waals surface area contributed by atoms with Crippen molar-refractivity contribution in [2.75, 3.05) is 7.11 Å². The van der Waals surface area contributed by atoms with Crippen LogP contribution in [0.3, 0.4) is 0 Å². The van der Waals surface area contributed by atoms with Gasteiger partial charge >= 0.3 is 0 Å². The van der Waals surface area contributed by atoms with Gasteiger partial charge in [-0.2, -0.15) is 5.10 Å². The first-order valence-electron chi connectivity index (χ1n) is 7.05. The van der Waals surface area contributed by atoms with Crippen LogP contribution in [0, 0.1) is 0 Å². The Kier molecular flexibility index (Phi) is 4.01. The third-order valence-electron chi connectivity index (χ3n) is 3.42. The van der Waals surface area contributed by atoms with E-state index in [1.807, 2.05) is 30.4 Å². The van der Waals surface area contributed by atoms with Crippen LogP contribution in [0.1, 0.15) is 11.3 Å². The monoisotopic (exact) mass is 308 g/mol. The molecule has 5 heteroatoms. The minimum absolute atomic E-state index is 0.112. The van der Waals surface area contributed by atoms with Crippen LogP contribution >= 0.6 is 0 Å². The molecule has 0 atom stereocenters. The molecule has 5 nitrogen and oxygen atoms in total. The molecule has 0 saturated carbocycles. The summed E-state index contributed by atoms with van der Waals surface area (Å²) < 4.78 is 5.08. The van der Waals surface area contributed by atoms with E-state index in [1.54, 1.807) is 30.3 Å². The van der Waals surface area contributed by atoms with Crippen molar-refractivity contribution in [2.45, 2.75) is 0 Å². The third-order valence-corrected chi connectivity index (χ3v) is 3.42. The van der Waals surface area contributed by atoms with E-state index in [4.69, 9.17) is 4.74 Å². The number of phenols is 2. The second-order valence-corrected chi connectivity index (χ2v) is 5.02. The number of nitrogens with zero attached hydrogens (tertiary/aromatic N) is 1. The molecule has 0 fully saturated rings. The predicted octanol–water partition coefficient (Wildman–Crippen LogP) is 3.67. The zero-order chi connectivity index (χ0) is 16.2. The lowest BCUT2D eigenvalue weighted by Crippen LogP contribution is -1.84. The normalized spacial score (nSPS) is 11.0. The third kappa shape index (κ3) is 3.35. The van der Waals surface area contributed by atoms with Crippen LogP contribution in [0.4, 0.5) is 0 Å². The zero-order valence-corrected chi connectivity index (χ0v) is 12.5. The van der Waals surface area contributed by atoms with E-state index < -0.39 is 0 Å². The van der Waals surface area contributed by atoms with Crippen molar-refractivity contribution in [1.82, 2.24) is 10.2 Å². The molecule has 1 heterocycles. The molecule has 0 saturated heterocycles. The van der Waals surface area contributed by atoms with Crippen LogP contribution in [0.2, 0.25) is 0 Å². The lowest BCUT2D eigenvalue weighted by Gasteiger charge is -2.03. The average Bonchev–Trinajstić information content (AvgIpc) is 3.04. The maximum Gasteiger partial charge on any atom is 0.161 e. The molecule has 0 aliphatic carbocycles. The molecule has 0 spiro atoms. The number of methoxy groups -OCH3 is 1. The lowest BCUT2D eigenvalue weighted by atomic mass is 10.1. The van der Waals surface area contributed by atoms with Gasteiger partial charge < -0.3 is 14.9 Å². The topological polar surface area (TPSA) is 78.4 Å². The van der Waals surface area contributed by atoms with E-state index in [0.29, 0.717) is 5.75 Å². The fraction of sp³-hybridized carbons (Fsp3) is 0.0556. The number of H-pyrrole nitrogens is 1. The molecule has 1 aromatic heterocycles. The quantitative estimate of drug-likeness (QED) is 0.687. The SMILES string of the molecule is COc1cc(/C=C/c2cc(-c3ccc(O)cc3)n[nH]2)ccc1O. The van der Waals surface area contributed by atoms with Gasteiger partial charge in [-0.15, -0.1) is 0 Å². The van der Waals surface area contributed by atoms with Crippen LogP contribution in [0.25, 0.3) is 23.4 Å². The molecule has 0 unspecified atom stereocenters. The van der Waals surface area contributed by atoms with Gasteiger partial charge in [0.15, 0.2) is 11.5 Å². The molecular weight excluding hydrogens is 292 g/mol. The number of aromatic nitrogens is 2. The van der Waals surface area contributed by atoms with Crippen LogP contribution in [0.5, 0.6) is 17.2 Å².